The fourth-order valence-corrected chi connectivity index (χ4v) is 1.72. The molecular weight excluding hydrogens is 266 g/mol. The smallest absolute Gasteiger partial charge is 0.270 e. The van der Waals surface area contributed by atoms with Crippen molar-refractivity contribution in [2.24, 2.45) is 0 Å². The summed E-state index contributed by atoms with van der Waals surface area (Å²) < 4.78 is 0. The Morgan fingerprint density at radius 2 is 2.19 bits per heavy atom. The van der Waals surface area contributed by atoms with Crippen molar-refractivity contribution in [2.75, 3.05) is 11.9 Å². The van der Waals surface area contributed by atoms with Crippen LogP contribution in [0.15, 0.2) is 36.8 Å². The zero-order chi connectivity index (χ0) is 14.9. The van der Waals surface area contributed by atoms with Gasteiger partial charge in [-0.3, -0.25) is 9.78 Å². The quantitative estimate of drug-likeness (QED) is 0.761. The zero-order valence-corrected chi connectivity index (χ0v) is 12.0. The third kappa shape index (κ3) is 4.83. The minimum atomic E-state index is -0.222. The molecule has 0 atom stereocenters. The molecule has 0 spiro atoms. The Hall–Kier alpha value is -2.50. The molecule has 1 amide bonds. The summed E-state index contributed by atoms with van der Waals surface area (Å²) in [6, 6.07) is 5.34. The fourth-order valence-electron chi connectivity index (χ4n) is 1.72. The van der Waals surface area contributed by atoms with E-state index in [0.717, 1.165) is 24.9 Å². The van der Waals surface area contributed by atoms with Gasteiger partial charge >= 0.3 is 0 Å². The fraction of sp³-hybridized carbons (Fsp3) is 0.333. The van der Waals surface area contributed by atoms with Gasteiger partial charge in [-0.1, -0.05) is 19.4 Å². The first-order valence-corrected chi connectivity index (χ1v) is 7.03. The SMILES string of the molecule is CCCCNc1nccc(C(=O)NCc2cccnc2)n1. The molecule has 0 unspecified atom stereocenters. The van der Waals surface area contributed by atoms with Crippen LogP contribution in [0.2, 0.25) is 0 Å². The molecule has 0 bridgehead atoms. The summed E-state index contributed by atoms with van der Waals surface area (Å²) in [5.74, 6) is 0.261. The number of anilines is 1. The van der Waals surface area contributed by atoms with E-state index in [4.69, 9.17) is 0 Å². The number of nitrogens with one attached hydrogen (secondary N) is 2. The molecule has 6 nitrogen and oxygen atoms in total. The van der Waals surface area contributed by atoms with Crippen molar-refractivity contribution in [1.29, 1.82) is 0 Å². The number of hydrogen-bond acceptors (Lipinski definition) is 5. The molecule has 21 heavy (non-hydrogen) atoms. The second-order valence-electron chi connectivity index (χ2n) is 4.59. The number of amides is 1. The number of carbonyl (C=O) groups is 1. The van der Waals surface area contributed by atoms with Crippen LogP contribution in [0.4, 0.5) is 5.95 Å². The number of nitrogens with zero attached hydrogens (tertiary/aromatic N) is 3. The molecule has 0 saturated heterocycles. The summed E-state index contributed by atoms with van der Waals surface area (Å²) in [6.45, 7) is 3.34. The van der Waals surface area contributed by atoms with E-state index in [2.05, 4.69) is 32.5 Å². The predicted molar refractivity (Wildman–Crippen MR) is 80.8 cm³/mol. The number of aromatic nitrogens is 3. The van der Waals surface area contributed by atoms with Gasteiger partial charge in [0.1, 0.15) is 5.69 Å². The van der Waals surface area contributed by atoms with Gasteiger partial charge in [0.25, 0.3) is 5.91 Å². The molecule has 110 valence electrons. The molecule has 2 N–H and O–H groups in total. The van der Waals surface area contributed by atoms with Gasteiger partial charge < -0.3 is 10.6 Å². The standard InChI is InChI=1S/C15H19N5O/c1-2-3-8-17-15-18-9-6-13(20-15)14(21)19-11-12-5-4-7-16-10-12/h4-7,9-10H,2-3,8,11H2,1H3,(H,19,21)(H,17,18,20). The van der Waals surface area contributed by atoms with Gasteiger partial charge in [0.2, 0.25) is 5.95 Å². The monoisotopic (exact) mass is 285 g/mol. The highest BCUT2D eigenvalue weighted by Crippen LogP contribution is 2.02. The Bertz CT molecular complexity index is 573. The molecule has 0 aliphatic heterocycles. The van der Waals surface area contributed by atoms with Gasteiger partial charge in [-0.2, -0.15) is 0 Å². The van der Waals surface area contributed by atoms with Crippen molar-refractivity contribution < 1.29 is 4.79 Å². The van der Waals surface area contributed by atoms with Gasteiger partial charge in [0, 0.05) is 31.7 Å². The zero-order valence-electron chi connectivity index (χ0n) is 12.0. The van der Waals surface area contributed by atoms with E-state index < -0.39 is 0 Å². The third-order valence-corrected chi connectivity index (χ3v) is 2.88. The van der Waals surface area contributed by atoms with Gasteiger partial charge in [-0.05, 0) is 24.1 Å². The van der Waals surface area contributed by atoms with E-state index in [9.17, 15) is 4.79 Å². The number of unbranched alkanes of at least 4 members (excludes halogenated alkanes) is 1. The van der Waals surface area contributed by atoms with Crippen LogP contribution in [-0.4, -0.2) is 27.4 Å². The normalized spacial score (nSPS) is 10.1. The van der Waals surface area contributed by atoms with E-state index in [-0.39, 0.29) is 5.91 Å². The van der Waals surface area contributed by atoms with Gasteiger partial charge in [0.15, 0.2) is 0 Å². The molecule has 0 aromatic carbocycles. The first-order valence-electron chi connectivity index (χ1n) is 7.03. The Balaban J connectivity index is 1.91. The maximum Gasteiger partial charge on any atom is 0.270 e. The first-order chi connectivity index (χ1) is 10.3. The number of hydrogen-bond donors (Lipinski definition) is 2. The molecule has 0 aliphatic carbocycles. The summed E-state index contributed by atoms with van der Waals surface area (Å²) in [7, 11) is 0. The van der Waals surface area contributed by atoms with Crippen molar-refractivity contribution in [2.45, 2.75) is 26.3 Å². The van der Waals surface area contributed by atoms with Crippen molar-refractivity contribution in [1.82, 2.24) is 20.3 Å². The molecule has 6 heteroatoms. The average Bonchev–Trinajstić information content (AvgIpc) is 2.54. The van der Waals surface area contributed by atoms with E-state index >= 15 is 0 Å². The van der Waals surface area contributed by atoms with Crippen molar-refractivity contribution in [3.63, 3.8) is 0 Å². The van der Waals surface area contributed by atoms with Gasteiger partial charge in [-0.15, -0.1) is 0 Å². The summed E-state index contributed by atoms with van der Waals surface area (Å²) in [5.41, 5.74) is 1.30. The van der Waals surface area contributed by atoms with E-state index in [1.165, 1.54) is 0 Å². The van der Waals surface area contributed by atoms with Crippen LogP contribution in [0, 0.1) is 0 Å². The largest absolute Gasteiger partial charge is 0.354 e. The maximum atomic E-state index is 12.1. The van der Waals surface area contributed by atoms with E-state index in [0.29, 0.717) is 18.2 Å². The Labute approximate surface area is 124 Å². The van der Waals surface area contributed by atoms with Gasteiger partial charge in [0.05, 0.1) is 0 Å². The molecule has 2 heterocycles. The van der Waals surface area contributed by atoms with E-state index in [1.807, 2.05) is 12.1 Å². The lowest BCUT2D eigenvalue weighted by Gasteiger charge is -2.07. The first kappa shape index (κ1) is 14.9. The molecular formula is C15H19N5O. The van der Waals surface area contributed by atoms with Crippen LogP contribution in [0.1, 0.15) is 35.8 Å². The Morgan fingerprint density at radius 3 is 2.95 bits per heavy atom. The summed E-state index contributed by atoms with van der Waals surface area (Å²) in [6.07, 6.45) is 7.14. The number of carbonyl (C=O) groups excluding carboxylic acids is 1. The van der Waals surface area contributed by atoms with Crippen molar-refractivity contribution in [3.05, 3.63) is 48.0 Å². The van der Waals surface area contributed by atoms with Crippen LogP contribution in [0.3, 0.4) is 0 Å². The van der Waals surface area contributed by atoms with E-state index in [1.54, 1.807) is 24.7 Å². The summed E-state index contributed by atoms with van der Waals surface area (Å²) >= 11 is 0. The second-order valence-corrected chi connectivity index (χ2v) is 4.59. The van der Waals surface area contributed by atoms with Crippen LogP contribution in [0.5, 0.6) is 0 Å². The average molecular weight is 285 g/mol. The van der Waals surface area contributed by atoms with Crippen molar-refractivity contribution in [3.8, 4) is 0 Å². The minimum absolute atomic E-state index is 0.222. The molecule has 0 aliphatic rings. The molecule has 0 saturated carbocycles. The Morgan fingerprint density at radius 1 is 1.29 bits per heavy atom. The number of rotatable bonds is 7. The second kappa shape index (κ2) is 7.94. The minimum Gasteiger partial charge on any atom is -0.354 e. The summed E-state index contributed by atoms with van der Waals surface area (Å²) in [4.78, 5) is 24.4. The van der Waals surface area contributed by atoms with Crippen LogP contribution < -0.4 is 10.6 Å². The highest BCUT2D eigenvalue weighted by molar-refractivity contribution is 5.92. The summed E-state index contributed by atoms with van der Waals surface area (Å²) in [5, 5.41) is 5.92. The highest BCUT2D eigenvalue weighted by atomic mass is 16.1. The molecule has 2 aromatic rings. The van der Waals surface area contributed by atoms with Crippen molar-refractivity contribution >= 4 is 11.9 Å². The lowest BCUT2D eigenvalue weighted by molar-refractivity contribution is 0.0946. The molecule has 2 aromatic heterocycles. The lowest BCUT2D eigenvalue weighted by atomic mass is 10.3. The number of pyridine rings is 1. The molecule has 2 rings (SSSR count). The highest BCUT2D eigenvalue weighted by Gasteiger charge is 2.08. The molecule has 0 radical (unpaired) electrons. The van der Waals surface area contributed by atoms with Gasteiger partial charge in [-0.25, -0.2) is 9.97 Å². The maximum absolute atomic E-state index is 12.1. The predicted octanol–water partition coefficient (Wildman–Crippen LogP) is 2.01. The molecule has 0 fully saturated rings. The van der Waals surface area contributed by atoms with Crippen LogP contribution in [-0.2, 0) is 6.54 Å². The topological polar surface area (TPSA) is 79.8 Å². The van der Waals surface area contributed by atoms with Crippen LogP contribution >= 0.6 is 0 Å². The lowest BCUT2D eigenvalue weighted by Crippen LogP contribution is -2.24. The third-order valence-electron chi connectivity index (χ3n) is 2.88. The van der Waals surface area contributed by atoms with Crippen LogP contribution in [0.25, 0.3) is 0 Å². The Kier molecular flexibility index (Phi) is 5.63.